The first-order valence-corrected chi connectivity index (χ1v) is 16.2. The number of azo groups is 2. The molecule has 5 aromatic carbocycles. The average molecular weight is 642 g/mol. The first-order valence-electron chi connectivity index (χ1n) is 11.9. The van der Waals surface area contributed by atoms with Gasteiger partial charge < -0.3 is 5.73 Å². The smallest absolute Gasteiger partial charge is 0.295 e. The molecule has 5 N–H and O–H groups in total. The molecule has 0 aliphatic rings. The minimum atomic E-state index is -4.62. The summed E-state index contributed by atoms with van der Waals surface area (Å²) in [6, 6.07) is 18.6. The van der Waals surface area contributed by atoms with E-state index < -0.39 is 40.1 Å². The molecule has 0 spiro atoms. The van der Waals surface area contributed by atoms with Crippen molar-refractivity contribution in [2.75, 3.05) is 5.73 Å². The van der Waals surface area contributed by atoms with Crippen molar-refractivity contribution in [2.45, 2.75) is 14.7 Å². The second-order valence-electron chi connectivity index (χ2n) is 8.99. The van der Waals surface area contributed by atoms with E-state index in [2.05, 4.69) is 20.5 Å². The molecule has 0 heterocycles. The fourth-order valence-electron chi connectivity index (χ4n) is 4.24. The van der Waals surface area contributed by atoms with Gasteiger partial charge in [-0.25, -0.2) is 0 Å². The highest BCUT2D eigenvalue weighted by molar-refractivity contribution is 7.86. The van der Waals surface area contributed by atoms with Gasteiger partial charge >= 0.3 is 0 Å². The van der Waals surface area contributed by atoms with E-state index in [0.29, 0.717) is 5.39 Å². The van der Waals surface area contributed by atoms with E-state index in [-0.39, 0.29) is 49.5 Å². The summed E-state index contributed by atoms with van der Waals surface area (Å²) in [5, 5.41) is 17.4. The van der Waals surface area contributed by atoms with Crippen LogP contribution < -0.4 is 5.73 Å². The Morgan fingerprint density at radius 3 is 1.72 bits per heavy atom. The second kappa shape index (κ2) is 10.9. The highest BCUT2D eigenvalue weighted by atomic mass is 32.2. The van der Waals surface area contributed by atoms with Gasteiger partial charge in [0.25, 0.3) is 30.4 Å². The molecular formula is C26H19N5O9S3. The van der Waals surface area contributed by atoms with Crippen LogP contribution in [0.25, 0.3) is 21.5 Å². The minimum absolute atomic E-state index is 0.0359. The Balaban J connectivity index is 1.64. The molecule has 14 nitrogen and oxygen atoms in total. The molecule has 0 saturated carbocycles. The van der Waals surface area contributed by atoms with Crippen LogP contribution in [0, 0.1) is 0 Å². The number of rotatable bonds is 7. The molecule has 43 heavy (non-hydrogen) atoms. The van der Waals surface area contributed by atoms with Gasteiger partial charge in [0.15, 0.2) is 0 Å². The lowest BCUT2D eigenvalue weighted by atomic mass is 10.1. The number of fused-ring (bicyclic) bond motifs is 2. The zero-order valence-electron chi connectivity index (χ0n) is 21.5. The Morgan fingerprint density at radius 2 is 1.07 bits per heavy atom. The molecule has 0 unspecified atom stereocenters. The maximum atomic E-state index is 11.9. The molecule has 0 fully saturated rings. The van der Waals surface area contributed by atoms with Crippen molar-refractivity contribution in [3.8, 4) is 0 Å². The first-order chi connectivity index (χ1) is 20.1. The standard InChI is InChI=1S/C26H19N5O9S3/c27-21-9-10-23(19-5-2-6-25(26(19)21)43(38,39)40)30-31-24-12-11-22(18-8-7-17(14-20(18)24)42(35,36)37)29-28-15-3-1-4-16(13-15)41(32,33)34/h1-14H,27H2,(H,32,33,34)(H,35,36,37)(H,38,39,40)/b29-28+,31-30+. The summed E-state index contributed by atoms with van der Waals surface area (Å²) in [4.78, 5) is -1.25. The third kappa shape index (κ3) is 6.26. The average Bonchev–Trinajstić information content (AvgIpc) is 2.94. The second-order valence-corrected chi connectivity index (χ2v) is 13.2. The van der Waals surface area contributed by atoms with Crippen molar-refractivity contribution in [3.05, 3.63) is 84.9 Å². The van der Waals surface area contributed by atoms with Crippen molar-refractivity contribution < 1.29 is 38.9 Å². The molecule has 0 atom stereocenters. The van der Waals surface area contributed by atoms with Gasteiger partial charge in [-0.15, -0.1) is 15.3 Å². The fourth-order valence-corrected chi connectivity index (χ4v) is 6.01. The van der Waals surface area contributed by atoms with Crippen LogP contribution in [0.5, 0.6) is 0 Å². The van der Waals surface area contributed by atoms with Crippen LogP contribution in [0.3, 0.4) is 0 Å². The van der Waals surface area contributed by atoms with E-state index >= 15 is 0 Å². The zero-order valence-corrected chi connectivity index (χ0v) is 23.9. The normalized spacial score (nSPS) is 13.0. The molecule has 5 aromatic rings. The molecule has 0 radical (unpaired) electrons. The third-order valence-electron chi connectivity index (χ3n) is 6.18. The number of nitrogens with zero attached hydrogens (tertiary/aromatic N) is 4. The lowest BCUT2D eigenvalue weighted by Crippen LogP contribution is -2.01. The summed E-state index contributed by atoms with van der Waals surface area (Å²) in [5.41, 5.74) is 6.68. The van der Waals surface area contributed by atoms with Gasteiger partial charge in [-0.05, 0) is 60.7 Å². The molecule has 17 heteroatoms. The topological polar surface area (TPSA) is 239 Å². The van der Waals surface area contributed by atoms with Crippen LogP contribution in [0.1, 0.15) is 0 Å². The summed E-state index contributed by atoms with van der Waals surface area (Å²) in [6.45, 7) is 0. The first kappa shape index (κ1) is 29.8. The van der Waals surface area contributed by atoms with Crippen molar-refractivity contribution in [1.29, 1.82) is 0 Å². The van der Waals surface area contributed by atoms with Gasteiger partial charge in [0, 0.05) is 27.2 Å². The maximum Gasteiger partial charge on any atom is 0.295 e. The van der Waals surface area contributed by atoms with Crippen LogP contribution in [0.15, 0.2) is 120 Å². The summed E-state index contributed by atoms with van der Waals surface area (Å²) < 4.78 is 99.0. The number of hydrogen-bond donors (Lipinski definition) is 4. The van der Waals surface area contributed by atoms with E-state index in [0.717, 1.165) is 18.2 Å². The monoisotopic (exact) mass is 641 g/mol. The number of benzene rings is 5. The predicted molar refractivity (Wildman–Crippen MR) is 157 cm³/mol. The molecule has 0 aliphatic carbocycles. The van der Waals surface area contributed by atoms with Crippen molar-refractivity contribution in [3.63, 3.8) is 0 Å². The number of anilines is 1. The van der Waals surface area contributed by atoms with Gasteiger partial charge in [-0.1, -0.05) is 24.3 Å². The molecule has 0 bridgehead atoms. The highest BCUT2D eigenvalue weighted by Crippen LogP contribution is 2.39. The Morgan fingerprint density at radius 1 is 0.512 bits per heavy atom. The molecule has 0 aliphatic heterocycles. The fraction of sp³-hybridized carbons (Fsp3) is 0. The van der Waals surface area contributed by atoms with Crippen molar-refractivity contribution >= 4 is 80.3 Å². The van der Waals surface area contributed by atoms with Gasteiger partial charge in [0.2, 0.25) is 0 Å². The minimum Gasteiger partial charge on any atom is -0.398 e. The van der Waals surface area contributed by atoms with E-state index in [4.69, 9.17) is 5.73 Å². The van der Waals surface area contributed by atoms with Crippen molar-refractivity contribution in [2.24, 2.45) is 20.5 Å². The molecular weight excluding hydrogens is 623 g/mol. The van der Waals surface area contributed by atoms with Gasteiger partial charge in [0.05, 0.1) is 32.5 Å². The van der Waals surface area contributed by atoms with Gasteiger partial charge in [-0.3, -0.25) is 13.7 Å². The van der Waals surface area contributed by atoms with E-state index in [1.807, 2.05) is 0 Å². The Kier molecular flexibility index (Phi) is 7.55. The van der Waals surface area contributed by atoms with E-state index in [1.165, 1.54) is 66.7 Å². The number of nitrogen functional groups attached to an aromatic ring is 1. The number of hydrogen-bond acceptors (Lipinski definition) is 11. The third-order valence-corrected chi connectivity index (χ3v) is 8.78. The summed E-state index contributed by atoms with van der Waals surface area (Å²) >= 11 is 0. The van der Waals surface area contributed by atoms with Crippen LogP contribution in [-0.2, 0) is 30.4 Å². The van der Waals surface area contributed by atoms with Crippen LogP contribution in [0.2, 0.25) is 0 Å². The molecule has 0 saturated heterocycles. The predicted octanol–water partition coefficient (Wildman–Crippen LogP) is 6.15. The lowest BCUT2D eigenvalue weighted by molar-refractivity contribution is 0.481. The van der Waals surface area contributed by atoms with Gasteiger partial charge in [-0.2, -0.15) is 30.4 Å². The molecule has 220 valence electrons. The molecule has 5 rings (SSSR count). The zero-order chi connectivity index (χ0) is 31.2. The lowest BCUT2D eigenvalue weighted by Gasteiger charge is -2.09. The van der Waals surface area contributed by atoms with Gasteiger partial charge in [0.1, 0.15) is 4.90 Å². The summed E-state index contributed by atoms with van der Waals surface area (Å²) in [7, 11) is -13.7. The largest absolute Gasteiger partial charge is 0.398 e. The molecule has 0 amide bonds. The number of nitrogens with two attached hydrogens (primary N) is 1. The maximum absolute atomic E-state index is 11.9. The Labute approximate surface area is 244 Å². The van der Waals surface area contributed by atoms with Crippen LogP contribution in [-0.4, -0.2) is 38.9 Å². The SMILES string of the molecule is Nc1ccc(/N=N/c2ccc(/N=N/c3cccc(S(=O)(=O)O)c3)c3ccc(S(=O)(=O)O)cc23)c2cccc(S(=O)(=O)O)c12. The Hall–Kier alpha value is -4.65. The summed E-state index contributed by atoms with van der Waals surface area (Å²) in [5.74, 6) is 0. The highest BCUT2D eigenvalue weighted by Gasteiger charge is 2.18. The summed E-state index contributed by atoms with van der Waals surface area (Å²) in [6.07, 6.45) is 0. The quantitative estimate of drug-likeness (QED) is 0.0898. The Bertz CT molecular complexity index is 2340. The van der Waals surface area contributed by atoms with E-state index in [1.54, 1.807) is 0 Å². The van der Waals surface area contributed by atoms with Crippen LogP contribution in [0.4, 0.5) is 28.4 Å². The van der Waals surface area contributed by atoms with Crippen molar-refractivity contribution in [1.82, 2.24) is 0 Å². The van der Waals surface area contributed by atoms with Crippen LogP contribution >= 0.6 is 0 Å². The van der Waals surface area contributed by atoms with E-state index in [9.17, 15) is 38.9 Å². The molecule has 0 aromatic heterocycles.